The molecule has 0 fully saturated rings. The Bertz CT molecular complexity index is 617. The van der Waals surface area contributed by atoms with Crippen LogP contribution in [0.1, 0.15) is 18.3 Å². The molecule has 0 unspecified atom stereocenters. The second kappa shape index (κ2) is 5.34. The summed E-state index contributed by atoms with van der Waals surface area (Å²) in [6, 6.07) is 9.69. The number of carboxylic acid groups (broad SMARTS) is 1. The molecular formula is C13H14N4O2. The Morgan fingerprint density at radius 2 is 2.05 bits per heavy atom. The molecule has 0 saturated carbocycles. The molecule has 2 aromatic rings. The van der Waals surface area contributed by atoms with E-state index in [1.807, 2.05) is 42.7 Å². The lowest BCUT2D eigenvalue weighted by molar-refractivity contribution is 0.195. The Morgan fingerprint density at radius 3 is 2.68 bits per heavy atom. The summed E-state index contributed by atoms with van der Waals surface area (Å²) in [5.41, 5.74) is 4.94. The molecule has 6 heteroatoms. The van der Waals surface area contributed by atoms with Crippen molar-refractivity contribution in [2.24, 2.45) is 5.10 Å². The van der Waals surface area contributed by atoms with Gasteiger partial charge in [-0.05, 0) is 13.8 Å². The fraction of sp³-hybridized carbons (Fsp3) is 0.154. The standard InChI is InChI=1S/C13H14N4O2/c1-8-11(9(2)16-17-13(18)19)15-12(14-8)10-6-4-3-5-7-10/h3-7,17H,1-2H3,(H,14,15)(H,18,19)/b16-9-. The van der Waals surface area contributed by atoms with Gasteiger partial charge in [-0.15, -0.1) is 0 Å². The number of nitrogens with one attached hydrogen (secondary N) is 2. The average molecular weight is 258 g/mol. The zero-order chi connectivity index (χ0) is 13.8. The number of carbonyl (C=O) groups is 1. The lowest BCUT2D eigenvalue weighted by Gasteiger charge is -1.97. The molecule has 6 nitrogen and oxygen atoms in total. The van der Waals surface area contributed by atoms with Gasteiger partial charge in [-0.1, -0.05) is 30.3 Å². The molecule has 0 atom stereocenters. The molecule has 2 rings (SSSR count). The zero-order valence-electron chi connectivity index (χ0n) is 10.6. The SMILES string of the molecule is C/C(=N/NC(=O)O)c1nc(-c2ccccc2)[nH]c1C. The van der Waals surface area contributed by atoms with Crippen molar-refractivity contribution >= 4 is 11.8 Å². The summed E-state index contributed by atoms with van der Waals surface area (Å²) in [6.07, 6.45) is -1.20. The number of benzene rings is 1. The normalized spacial score (nSPS) is 11.4. The summed E-state index contributed by atoms with van der Waals surface area (Å²) in [4.78, 5) is 18.0. The highest BCUT2D eigenvalue weighted by Gasteiger charge is 2.11. The van der Waals surface area contributed by atoms with Crippen LogP contribution in [0.3, 0.4) is 0 Å². The van der Waals surface area contributed by atoms with Crippen molar-refractivity contribution in [1.82, 2.24) is 15.4 Å². The second-order valence-corrected chi connectivity index (χ2v) is 4.04. The van der Waals surface area contributed by atoms with Gasteiger partial charge < -0.3 is 10.1 Å². The van der Waals surface area contributed by atoms with Gasteiger partial charge in [0.1, 0.15) is 11.5 Å². The Kier molecular flexibility index (Phi) is 3.61. The number of rotatable bonds is 3. The highest BCUT2D eigenvalue weighted by atomic mass is 16.4. The van der Waals surface area contributed by atoms with E-state index in [9.17, 15) is 4.79 Å². The monoisotopic (exact) mass is 258 g/mol. The van der Waals surface area contributed by atoms with Gasteiger partial charge in [0.15, 0.2) is 0 Å². The van der Waals surface area contributed by atoms with Crippen LogP contribution in [0.2, 0.25) is 0 Å². The van der Waals surface area contributed by atoms with Crippen LogP contribution in [0.15, 0.2) is 35.4 Å². The van der Waals surface area contributed by atoms with E-state index in [1.54, 1.807) is 6.92 Å². The molecule has 0 aliphatic carbocycles. The summed E-state index contributed by atoms with van der Waals surface area (Å²) in [7, 11) is 0. The van der Waals surface area contributed by atoms with Gasteiger partial charge in [-0.3, -0.25) is 0 Å². The Hall–Kier alpha value is -2.63. The smallest absolute Gasteiger partial charge is 0.425 e. The molecule has 0 aliphatic heterocycles. The Morgan fingerprint density at radius 1 is 1.37 bits per heavy atom. The van der Waals surface area contributed by atoms with Gasteiger partial charge in [0.25, 0.3) is 0 Å². The number of imidazole rings is 1. The molecule has 1 aromatic heterocycles. The average Bonchev–Trinajstić information content (AvgIpc) is 2.79. The van der Waals surface area contributed by atoms with Crippen LogP contribution < -0.4 is 5.43 Å². The molecule has 19 heavy (non-hydrogen) atoms. The van der Waals surface area contributed by atoms with Crippen molar-refractivity contribution in [3.63, 3.8) is 0 Å². The number of H-pyrrole nitrogens is 1. The third-order valence-corrected chi connectivity index (χ3v) is 2.59. The summed E-state index contributed by atoms with van der Waals surface area (Å²) in [5, 5.41) is 12.3. The lowest BCUT2D eigenvalue weighted by atomic mass is 10.2. The number of hydrazone groups is 1. The van der Waals surface area contributed by atoms with E-state index >= 15 is 0 Å². The van der Waals surface area contributed by atoms with Gasteiger partial charge in [-0.25, -0.2) is 15.2 Å². The van der Waals surface area contributed by atoms with E-state index in [1.165, 1.54) is 0 Å². The van der Waals surface area contributed by atoms with Crippen molar-refractivity contribution in [2.45, 2.75) is 13.8 Å². The van der Waals surface area contributed by atoms with Crippen molar-refractivity contribution in [1.29, 1.82) is 0 Å². The summed E-state index contributed by atoms with van der Waals surface area (Å²) >= 11 is 0. The molecule has 1 heterocycles. The molecule has 0 aliphatic rings. The lowest BCUT2D eigenvalue weighted by Crippen LogP contribution is -2.16. The number of aromatic nitrogens is 2. The predicted molar refractivity (Wildman–Crippen MR) is 72.1 cm³/mol. The van der Waals surface area contributed by atoms with Crippen LogP contribution in [-0.4, -0.2) is 26.9 Å². The third kappa shape index (κ3) is 2.98. The molecule has 0 saturated heterocycles. The minimum Gasteiger partial charge on any atom is -0.464 e. The molecule has 0 bridgehead atoms. The predicted octanol–water partition coefficient (Wildman–Crippen LogP) is 2.38. The van der Waals surface area contributed by atoms with E-state index < -0.39 is 6.09 Å². The Labute approximate surface area is 110 Å². The van der Waals surface area contributed by atoms with Crippen LogP contribution in [-0.2, 0) is 0 Å². The fourth-order valence-electron chi connectivity index (χ4n) is 1.73. The first-order valence-electron chi connectivity index (χ1n) is 5.73. The topological polar surface area (TPSA) is 90.4 Å². The maximum Gasteiger partial charge on any atom is 0.425 e. The van der Waals surface area contributed by atoms with Crippen molar-refractivity contribution < 1.29 is 9.90 Å². The first-order chi connectivity index (χ1) is 9.08. The van der Waals surface area contributed by atoms with Gasteiger partial charge in [0, 0.05) is 11.3 Å². The number of amides is 1. The number of hydrogen-bond acceptors (Lipinski definition) is 3. The van der Waals surface area contributed by atoms with Crippen LogP contribution >= 0.6 is 0 Å². The molecule has 1 aromatic carbocycles. The Balaban J connectivity index is 2.32. The zero-order valence-corrected chi connectivity index (χ0v) is 10.6. The fourth-order valence-corrected chi connectivity index (χ4v) is 1.73. The highest BCUT2D eigenvalue weighted by molar-refractivity contribution is 5.98. The maximum absolute atomic E-state index is 10.4. The van der Waals surface area contributed by atoms with Crippen LogP contribution in [0.4, 0.5) is 4.79 Å². The van der Waals surface area contributed by atoms with Gasteiger partial charge in [0.05, 0.1) is 5.71 Å². The minimum atomic E-state index is -1.20. The molecule has 1 amide bonds. The molecular weight excluding hydrogens is 244 g/mol. The van der Waals surface area contributed by atoms with E-state index in [0.717, 1.165) is 17.1 Å². The van der Waals surface area contributed by atoms with E-state index in [4.69, 9.17) is 5.11 Å². The summed E-state index contributed by atoms with van der Waals surface area (Å²) < 4.78 is 0. The van der Waals surface area contributed by atoms with Gasteiger partial charge in [-0.2, -0.15) is 5.10 Å². The largest absolute Gasteiger partial charge is 0.464 e. The second-order valence-electron chi connectivity index (χ2n) is 4.04. The van der Waals surface area contributed by atoms with Crippen LogP contribution in [0.25, 0.3) is 11.4 Å². The number of hydrogen-bond donors (Lipinski definition) is 3. The maximum atomic E-state index is 10.4. The third-order valence-electron chi connectivity index (χ3n) is 2.59. The van der Waals surface area contributed by atoms with Crippen LogP contribution in [0.5, 0.6) is 0 Å². The number of aryl methyl sites for hydroxylation is 1. The summed E-state index contributed by atoms with van der Waals surface area (Å²) in [5.74, 6) is 0.734. The van der Waals surface area contributed by atoms with Gasteiger partial charge in [0.2, 0.25) is 0 Å². The molecule has 0 spiro atoms. The molecule has 3 N–H and O–H groups in total. The van der Waals surface area contributed by atoms with E-state index in [2.05, 4.69) is 15.1 Å². The quantitative estimate of drug-likeness (QED) is 0.583. The number of aromatic amines is 1. The van der Waals surface area contributed by atoms with E-state index in [-0.39, 0.29) is 0 Å². The summed E-state index contributed by atoms with van der Waals surface area (Å²) in [6.45, 7) is 3.57. The first kappa shape index (κ1) is 12.8. The van der Waals surface area contributed by atoms with Gasteiger partial charge >= 0.3 is 6.09 Å². The molecule has 0 radical (unpaired) electrons. The van der Waals surface area contributed by atoms with Crippen molar-refractivity contribution in [3.05, 3.63) is 41.7 Å². The first-order valence-corrected chi connectivity index (χ1v) is 5.73. The van der Waals surface area contributed by atoms with E-state index in [0.29, 0.717) is 11.4 Å². The number of nitrogens with zero attached hydrogens (tertiary/aromatic N) is 2. The van der Waals surface area contributed by atoms with Crippen LogP contribution in [0, 0.1) is 6.92 Å². The van der Waals surface area contributed by atoms with Crippen molar-refractivity contribution in [3.8, 4) is 11.4 Å². The van der Waals surface area contributed by atoms with Crippen molar-refractivity contribution in [2.75, 3.05) is 0 Å². The highest BCUT2D eigenvalue weighted by Crippen LogP contribution is 2.17. The molecule has 98 valence electrons. The minimum absolute atomic E-state index is 0.512.